The van der Waals surface area contributed by atoms with Gasteiger partial charge in [-0.05, 0) is 36.8 Å². The molecule has 1 saturated heterocycles. The number of anilines is 1. The molecular weight excluding hydrogens is 316 g/mol. The highest BCUT2D eigenvalue weighted by molar-refractivity contribution is 5.46. The third-order valence-corrected chi connectivity index (χ3v) is 5.47. The molecule has 2 heterocycles. The number of nitrogens with one attached hydrogen (secondary N) is 2. The summed E-state index contributed by atoms with van der Waals surface area (Å²) in [6.45, 7) is 5.23. The summed E-state index contributed by atoms with van der Waals surface area (Å²) in [5.74, 6) is 0. The van der Waals surface area contributed by atoms with E-state index in [2.05, 4.69) is 50.1 Å². The predicted molar refractivity (Wildman–Crippen MR) is 98.1 cm³/mol. The third kappa shape index (κ3) is 3.69. The maximum Gasteiger partial charge on any atom is 0.325 e. The summed E-state index contributed by atoms with van der Waals surface area (Å²) in [6.07, 6.45) is 4.64. The molecule has 0 spiro atoms. The van der Waals surface area contributed by atoms with Gasteiger partial charge in [0, 0.05) is 50.2 Å². The van der Waals surface area contributed by atoms with Gasteiger partial charge in [0.25, 0.3) is 5.56 Å². The van der Waals surface area contributed by atoms with Crippen LogP contribution in [-0.4, -0.2) is 47.6 Å². The molecule has 6 heteroatoms. The van der Waals surface area contributed by atoms with Crippen LogP contribution in [0.1, 0.15) is 18.4 Å². The van der Waals surface area contributed by atoms with Crippen molar-refractivity contribution in [3.05, 3.63) is 62.9 Å². The van der Waals surface area contributed by atoms with Gasteiger partial charge < -0.3 is 9.88 Å². The van der Waals surface area contributed by atoms with Crippen LogP contribution >= 0.6 is 0 Å². The van der Waals surface area contributed by atoms with Crippen molar-refractivity contribution in [3.63, 3.8) is 0 Å². The molecule has 1 aliphatic heterocycles. The number of nitrogens with zero attached hydrogens (tertiary/aromatic N) is 2. The molecule has 0 unspecified atom stereocenters. The molecule has 0 atom stereocenters. The van der Waals surface area contributed by atoms with Crippen LogP contribution in [0.2, 0.25) is 0 Å². The minimum Gasteiger partial charge on any atom is -0.369 e. The summed E-state index contributed by atoms with van der Waals surface area (Å²) in [7, 11) is 0. The summed E-state index contributed by atoms with van der Waals surface area (Å²) in [6, 6.07) is 10.6. The molecule has 0 radical (unpaired) electrons. The quantitative estimate of drug-likeness (QED) is 0.858. The van der Waals surface area contributed by atoms with Crippen molar-refractivity contribution < 1.29 is 0 Å². The van der Waals surface area contributed by atoms with Gasteiger partial charge in [0.2, 0.25) is 0 Å². The van der Waals surface area contributed by atoms with E-state index in [9.17, 15) is 9.59 Å². The van der Waals surface area contributed by atoms with Gasteiger partial charge >= 0.3 is 5.69 Å². The highest BCUT2D eigenvalue weighted by atomic mass is 16.2. The van der Waals surface area contributed by atoms with Gasteiger partial charge in [-0.3, -0.25) is 14.7 Å². The van der Waals surface area contributed by atoms with E-state index in [0.717, 1.165) is 52.0 Å². The molecule has 0 bridgehead atoms. The van der Waals surface area contributed by atoms with Crippen LogP contribution in [-0.2, 0) is 6.42 Å². The topological polar surface area (TPSA) is 72.2 Å². The van der Waals surface area contributed by atoms with Crippen molar-refractivity contribution in [1.29, 1.82) is 0 Å². The molecule has 1 saturated carbocycles. The van der Waals surface area contributed by atoms with Gasteiger partial charge in [-0.2, -0.15) is 0 Å². The Morgan fingerprint density at radius 2 is 1.72 bits per heavy atom. The van der Waals surface area contributed by atoms with Gasteiger partial charge in [0.05, 0.1) is 0 Å². The fraction of sp³-hybridized carbons (Fsp3) is 0.474. The second-order valence-corrected chi connectivity index (χ2v) is 7.37. The van der Waals surface area contributed by atoms with Crippen LogP contribution in [0.5, 0.6) is 0 Å². The minimum atomic E-state index is -0.435. The zero-order chi connectivity index (χ0) is 17.3. The molecule has 2 N–H and O–H groups in total. The molecule has 6 nitrogen and oxygen atoms in total. The lowest BCUT2D eigenvalue weighted by molar-refractivity contribution is 0.207. The fourth-order valence-electron chi connectivity index (χ4n) is 3.82. The van der Waals surface area contributed by atoms with E-state index in [1.807, 2.05) is 0 Å². The van der Waals surface area contributed by atoms with Crippen molar-refractivity contribution in [2.75, 3.05) is 37.6 Å². The minimum absolute atomic E-state index is 0.208. The number of H-pyrrole nitrogens is 2. The second kappa shape index (κ2) is 6.52. The van der Waals surface area contributed by atoms with Crippen LogP contribution in [0.15, 0.2) is 46.1 Å². The molecule has 2 fully saturated rings. The average molecular weight is 340 g/mol. The number of benzene rings is 1. The number of hydrogen-bond acceptors (Lipinski definition) is 4. The third-order valence-electron chi connectivity index (χ3n) is 5.47. The van der Waals surface area contributed by atoms with Gasteiger partial charge in [0.1, 0.15) is 0 Å². The molecule has 1 aromatic heterocycles. The van der Waals surface area contributed by atoms with Gasteiger partial charge in [0.15, 0.2) is 0 Å². The maximum atomic E-state index is 11.9. The maximum absolute atomic E-state index is 11.9. The van der Waals surface area contributed by atoms with E-state index in [1.165, 1.54) is 5.69 Å². The Bertz CT molecular complexity index is 830. The van der Waals surface area contributed by atoms with Crippen molar-refractivity contribution >= 4 is 5.69 Å². The highest BCUT2D eigenvalue weighted by Gasteiger charge is 2.44. The molecule has 1 aromatic carbocycles. The molecule has 1 aliphatic carbocycles. The molecular formula is C19H24N4O2. The highest BCUT2D eigenvalue weighted by Crippen LogP contribution is 2.48. The van der Waals surface area contributed by atoms with Crippen LogP contribution in [0.25, 0.3) is 0 Å². The monoisotopic (exact) mass is 340 g/mol. The average Bonchev–Trinajstić information content (AvgIpc) is 3.38. The van der Waals surface area contributed by atoms with Crippen molar-refractivity contribution in [2.24, 2.45) is 5.41 Å². The first-order valence-corrected chi connectivity index (χ1v) is 8.97. The van der Waals surface area contributed by atoms with Crippen molar-refractivity contribution in [2.45, 2.75) is 19.3 Å². The lowest BCUT2D eigenvalue weighted by Gasteiger charge is -2.37. The van der Waals surface area contributed by atoms with E-state index in [-0.39, 0.29) is 11.0 Å². The first-order chi connectivity index (χ1) is 12.1. The van der Waals surface area contributed by atoms with Crippen molar-refractivity contribution in [1.82, 2.24) is 14.9 Å². The number of hydrogen-bond donors (Lipinski definition) is 2. The SMILES string of the molecule is O=c1[nH]cc(CC2(CN3CCN(c4ccccc4)CC3)CC2)c(=O)[nH]1. The van der Waals surface area contributed by atoms with E-state index in [1.54, 1.807) is 6.20 Å². The lowest BCUT2D eigenvalue weighted by atomic mass is 9.97. The normalized spacial score (nSPS) is 19.8. The Balaban J connectivity index is 1.35. The summed E-state index contributed by atoms with van der Waals surface area (Å²) < 4.78 is 0. The first-order valence-electron chi connectivity index (χ1n) is 8.97. The van der Waals surface area contributed by atoms with E-state index in [0.29, 0.717) is 5.56 Å². The fourth-order valence-corrected chi connectivity index (χ4v) is 3.82. The van der Waals surface area contributed by atoms with Crippen LogP contribution < -0.4 is 16.1 Å². The van der Waals surface area contributed by atoms with Gasteiger partial charge in [-0.15, -0.1) is 0 Å². The molecule has 132 valence electrons. The Kier molecular flexibility index (Phi) is 4.21. The zero-order valence-electron chi connectivity index (χ0n) is 14.3. The predicted octanol–water partition coefficient (Wildman–Crippen LogP) is 1.21. The van der Waals surface area contributed by atoms with Gasteiger partial charge in [-0.25, -0.2) is 4.79 Å². The number of aromatic amines is 2. The summed E-state index contributed by atoms with van der Waals surface area (Å²) in [5.41, 5.74) is 1.52. The molecule has 2 aromatic rings. The number of para-hydroxylation sites is 1. The zero-order valence-corrected chi connectivity index (χ0v) is 14.3. The summed E-state index contributed by atoms with van der Waals surface area (Å²) in [4.78, 5) is 33.0. The van der Waals surface area contributed by atoms with E-state index in [4.69, 9.17) is 0 Å². The van der Waals surface area contributed by atoms with Crippen molar-refractivity contribution in [3.8, 4) is 0 Å². The number of piperazine rings is 1. The van der Waals surface area contributed by atoms with Crippen LogP contribution in [0.4, 0.5) is 5.69 Å². The Hall–Kier alpha value is -2.34. The van der Waals surface area contributed by atoms with Gasteiger partial charge in [-0.1, -0.05) is 18.2 Å². The second-order valence-electron chi connectivity index (χ2n) is 7.37. The Morgan fingerprint density at radius 3 is 2.36 bits per heavy atom. The number of aromatic nitrogens is 2. The van der Waals surface area contributed by atoms with Crippen LogP contribution in [0.3, 0.4) is 0 Å². The number of rotatable bonds is 5. The smallest absolute Gasteiger partial charge is 0.325 e. The summed E-state index contributed by atoms with van der Waals surface area (Å²) >= 11 is 0. The largest absolute Gasteiger partial charge is 0.369 e. The molecule has 4 rings (SSSR count). The Morgan fingerprint density at radius 1 is 1.00 bits per heavy atom. The lowest BCUT2D eigenvalue weighted by Crippen LogP contribution is -2.48. The summed E-state index contributed by atoms with van der Waals surface area (Å²) in [5, 5.41) is 0. The van der Waals surface area contributed by atoms with E-state index >= 15 is 0 Å². The molecule has 2 aliphatic rings. The first kappa shape index (κ1) is 16.1. The Labute approximate surface area is 146 Å². The standard InChI is InChI=1S/C19H24N4O2/c24-17-15(13-20-18(25)21-17)12-19(6-7-19)14-22-8-10-23(11-9-22)16-4-2-1-3-5-16/h1-5,13H,6-12,14H2,(H2,20,21,24,25). The molecule has 25 heavy (non-hydrogen) atoms. The molecule has 0 amide bonds. The van der Waals surface area contributed by atoms with Crippen LogP contribution in [0, 0.1) is 5.41 Å². The van der Waals surface area contributed by atoms with E-state index < -0.39 is 5.69 Å².